The lowest BCUT2D eigenvalue weighted by Crippen LogP contribution is -2.14. The molecule has 8 nitrogen and oxygen atoms in total. The van der Waals surface area contributed by atoms with E-state index in [9.17, 15) is 9.59 Å². The van der Waals surface area contributed by atoms with E-state index in [-0.39, 0.29) is 12.3 Å². The van der Waals surface area contributed by atoms with Crippen molar-refractivity contribution in [2.75, 3.05) is 19.5 Å². The van der Waals surface area contributed by atoms with Crippen LogP contribution in [0.5, 0.6) is 11.5 Å². The number of methoxy groups -OCH3 is 2. The minimum atomic E-state index is -0.477. The summed E-state index contributed by atoms with van der Waals surface area (Å²) in [5.41, 5.74) is 10.7. The Balaban J connectivity index is 1.68. The number of aryl methyl sites for hydroxylation is 1. The lowest BCUT2D eigenvalue weighted by Gasteiger charge is -2.13. The number of amides is 2. The quantitative estimate of drug-likeness (QED) is 0.337. The number of ether oxygens (including phenoxy) is 2. The Morgan fingerprint density at radius 2 is 1.94 bits per heavy atom. The van der Waals surface area contributed by atoms with E-state index < -0.39 is 5.91 Å². The number of fused-ring (bicyclic) bond motifs is 1. The number of allylic oxidation sites excluding steroid dienone is 1. The van der Waals surface area contributed by atoms with Crippen LogP contribution >= 0.6 is 11.3 Å². The topological polar surface area (TPSA) is 117 Å². The molecule has 3 N–H and O–H groups in total. The van der Waals surface area contributed by atoms with Gasteiger partial charge in [-0.25, -0.2) is 4.98 Å². The molecule has 35 heavy (non-hydrogen) atoms. The van der Waals surface area contributed by atoms with Gasteiger partial charge in [-0.2, -0.15) is 0 Å². The number of rotatable bonds is 8. The van der Waals surface area contributed by atoms with Crippen molar-refractivity contribution in [2.45, 2.75) is 20.3 Å². The molecule has 2 heterocycles. The van der Waals surface area contributed by atoms with Crippen LogP contribution in [0.25, 0.3) is 27.7 Å². The Bertz CT molecular complexity index is 1430. The van der Waals surface area contributed by atoms with Crippen LogP contribution in [0.4, 0.5) is 5.13 Å². The molecule has 0 saturated carbocycles. The molecule has 9 heteroatoms. The van der Waals surface area contributed by atoms with E-state index >= 15 is 0 Å². The average Bonchev–Trinajstić information content (AvgIpc) is 3.45. The molecule has 0 saturated heterocycles. The zero-order valence-electron chi connectivity index (χ0n) is 19.8. The number of nitrogens with two attached hydrogens (primary N) is 1. The highest BCUT2D eigenvalue weighted by Crippen LogP contribution is 2.40. The predicted molar refractivity (Wildman–Crippen MR) is 137 cm³/mol. The highest BCUT2D eigenvalue weighted by atomic mass is 32.1. The number of carbonyl (C=O) groups is 2. The highest BCUT2D eigenvalue weighted by molar-refractivity contribution is 7.14. The molecule has 2 amide bonds. The second-order valence-corrected chi connectivity index (χ2v) is 8.80. The molecule has 0 aliphatic heterocycles. The number of nitrogens with one attached hydrogen (secondary N) is 1. The number of thiazole rings is 1. The van der Waals surface area contributed by atoms with Gasteiger partial charge in [0.1, 0.15) is 17.1 Å². The Morgan fingerprint density at radius 1 is 1.20 bits per heavy atom. The van der Waals surface area contributed by atoms with Crippen LogP contribution in [0.1, 0.15) is 23.7 Å². The first kappa shape index (κ1) is 24.0. The van der Waals surface area contributed by atoms with Crippen LogP contribution in [0.3, 0.4) is 0 Å². The summed E-state index contributed by atoms with van der Waals surface area (Å²) in [5, 5.41) is 5.73. The number of aromatic nitrogens is 1. The van der Waals surface area contributed by atoms with Crippen molar-refractivity contribution in [2.24, 2.45) is 5.73 Å². The van der Waals surface area contributed by atoms with Crippen LogP contribution in [-0.2, 0) is 16.0 Å². The summed E-state index contributed by atoms with van der Waals surface area (Å²) in [6, 6.07) is 9.71. The molecule has 0 aliphatic carbocycles. The van der Waals surface area contributed by atoms with Crippen molar-refractivity contribution in [1.82, 2.24) is 4.98 Å². The number of hydrogen-bond acceptors (Lipinski definition) is 7. The van der Waals surface area contributed by atoms with Crippen molar-refractivity contribution < 1.29 is 23.5 Å². The van der Waals surface area contributed by atoms with Crippen LogP contribution in [0.15, 0.2) is 52.5 Å². The molecular weight excluding hydrogens is 466 g/mol. The lowest BCUT2D eigenvalue weighted by atomic mass is 9.96. The van der Waals surface area contributed by atoms with Crippen LogP contribution in [0.2, 0.25) is 0 Å². The van der Waals surface area contributed by atoms with Crippen molar-refractivity contribution in [3.8, 4) is 22.6 Å². The Morgan fingerprint density at radius 3 is 2.60 bits per heavy atom. The minimum absolute atomic E-state index is 0.0267. The number of benzene rings is 2. The highest BCUT2D eigenvalue weighted by Gasteiger charge is 2.19. The number of carbonyl (C=O) groups excluding carboxylic acids is 2. The zero-order valence-corrected chi connectivity index (χ0v) is 20.6. The van der Waals surface area contributed by atoms with E-state index in [0.29, 0.717) is 22.1 Å². The summed E-state index contributed by atoms with van der Waals surface area (Å²) in [7, 11) is 3.22. The smallest absolute Gasteiger partial charge is 0.250 e. The maximum absolute atomic E-state index is 12.7. The first-order chi connectivity index (χ1) is 16.8. The molecule has 0 unspecified atom stereocenters. The van der Waals surface area contributed by atoms with Crippen LogP contribution in [0, 0.1) is 6.92 Å². The van der Waals surface area contributed by atoms with Gasteiger partial charge in [-0.1, -0.05) is 12.1 Å². The molecule has 0 spiro atoms. The Hall–Kier alpha value is -4.11. The van der Waals surface area contributed by atoms with Crippen LogP contribution < -0.4 is 20.5 Å². The summed E-state index contributed by atoms with van der Waals surface area (Å²) in [6.45, 7) is 3.77. The van der Waals surface area contributed by atoms with E-state index in [0.717, 1.165) is 39.0 Å². The van der Waals surface area contributed by atoms with Gasteiger partial charge in [0.25, 0.3) is 0 Å². The van der Waals surface area contributed by atoms with Crippen LogP contribution in [-0.4, -0.2) is 31.0 Å². The molecule has 0 fully saturated rings. The van der Waals surface area contributed by atoms with E-state index in [2.05, 4.69) is 10.3 Å². The zero-order chi connectivity index (χ0) is 25.1. The summed E-state index contributed by atoms with van der Waals surface area (Å²) in [4.78, 5) is 28.0. The number of anilines is 1. The maximum Gasteiger partial charge on any atom is 0.250 e. The standard InChI is InChI=1S/C26H25N3O5S/c1-14(9-23(31)29-26-28-17(13-35-26)10-22(27)30)19-11-20-21(16-5-7-18(32-3)8-6-16)12-34-25(20)15(2)24(19)33-4/h5-9,11-13H,10H2,1-4H3,(H2,27,30)(H,28,29,31)/b14-9+. The van der Waals surface area contributed by atoms with E-state index in [1.165, 1.54) is 17.4 Å². The van der Waals surface area contributed by atoms with Crippen molar-refractivity contribution in [3.05, 3.63) is 64.9 Å². The first-order valence-corrected chi connectivity index (χ1v) is 11.6. The molecular formula is C26H25N3O5S. The normalized spacial score (nSPS) is 11.5. The van der Waals surface area contributed by atoms with Gasteiger partial charge in [0.05, 0.1) is 32.6 Å². The van der Waals surface area contributed by atoms with Gasteiger partial charge in [0, 0.05) is 33.5 Å². The second kappa shape index (κ2) is 10.0. The minimum Gasteiger partial charge on any atom is -0.497 e. The van der Waals surface area contributed by atoms with Gasteiger partial charge in [0.2, 0.25) is 11.8 Å². The maximum atomic E-state index is 12.7. The third kappa shape index (κ3) is 5.04. The molecule has 4 aromatic rings. The Labute approximate surface area is 206 Å². The van der Waals surface area contributed by atoms with Crippen molar-refractivity contribution >= 4 is 44.8 Å². The van der Waals surface area contributed by atoms with Gasteiger partial charge in [0.15, 0.2) is 5.13 Å². The van der Waals surface area contributed by atoms with E-state index in [4.69, 9.17) is 19.6 Å². The number of furan rings is 1. The second-order valence-electron chi connectivity index (χ2n) is 7.94. The van der Waals surface area contributed by atoms with Gasteiger partial charge >= 0.3 is 0 Å². The number of primary amides is 1. The van der Waals surface area contributed by atoms with E-state index in [1.54, 1.807) is 25.9 Å². The van der Waals surface area contributed by atoms with Gasteiger partial charge < -0.3 is 19.6 Å². The third-order valence-corrected chi connectivity index (χ3v) is 6.37. The molecule has 0 radical (unpaired) electrons. The molecule has 180 valence electrons. The molecule has 0 atom stereocenters. The molecule has 0 aliphatic rings. The van der Waals surface area contributed by atoms with Crippen molar-refractivity contribution in [3.63, 3.8) is 0 Å². The van der Waals surface area contributed by atoms with Gasteiger partial charge in [-0.05, 0) is 43.2 Å². The fourth-order valence-electron chi connectivity index (χ4n) is 3.91. The molecule has 0 bridgehead atoms. The SMILES string of the molecule is COc1ccc(-c2coc3c(C)c(OC)c(/C(C)=C/C(=O)Nc4nc(CC(N)=O)cs4)cc23)cc1. The fraction of sp³-hybridized carbons (Fsp3) is 0.192. The third-order valence-electron chi connectivity index (χ3n) is 5.56. The lowest BCUT2D eigenvalue weighted by molar-refractivity contribution is -0.117. The summed E-state index contributed by atoms with van der Waals surface area (Å²) in [6.07, 6.45) is 3.24. The average molecular weight is 492 g/mol. The first-order valence-electron chi connectivity index (χ1n) is 10.8. The molecule has 4 rings (SSSR count). The molecule has 2 aromatic heterocycles. The Kier molecular flexibility index (Phi) is 6.88. The largest absolute Gasteiger partial charge is 0.497 e. The number of nitrogens with zero attached hydrogens (tertiary/aromatic N) is 1. The number of hydrogen-bond donors (Lipinski definition) is 2. The molecule has 2 aromatic carbocycles. The summed E-state index contributed by atoms with van der Waals surface area (Å²) >= 11 is 1.23. The monoisotopic (exact) mass is 491 g/mol. The predicted octanol–water partition coefficient (Wildman–Crippen LogP) is 4.95. The summed E-state index contributed by atoms with van der Waals surface area (Å²) < 4.78 is 16.9. The van der Waals surface area contributed by atoms with Gasteiger partial charge in [-0.3, -0.25) is 14.9 Å². The van der Waals surface area contributed by atoms with E-state index in [1.807, 2.05) is 44.2 Å². The fourth-order valence-corrected chi connectivity index (χ4v) is 4.62. The van der Waals surface area contributed by atoms with Crippen molar-refractivity contribution in [1.29, 1.82) is 0 Å². The van der Waals surface area contributed by atoms with Gasteiger partial charge in [-0.15, -0.1) is 11.3 Å². The summed E-state index contributed by atoms with van der Waals surface area (Å²) in [5.74, 6) is 0.583.